The molecule has 5 heteroatoms. The van der Waals surface area contributed by atoms with Gasteiger partial charge in [0, 0.05) is 0 Å². The standard InChI is InChI=1S/C15H15IN2O2/c1-4-19-14-7-11(5-12(8-17)9-18)6-13(16)15(14)20-10(2)3/h5-7,10H,4H2,1-3H3. The molecule has 0 atom stereocenters. The summed E-state index contributed by atoms with van der Waals surface area (Å²) in [6, 6.07) is 7.32. The van der Waals surface area contributed by atoms with Crippen molar-refractivity contribution in [3.8, 4) is 23.6 Å². The van der Waals surface area contributed by atoms with E-state index in [2.05, 4.69) is 22.6 Å². The Kier molecular flexibility index (Phi) is 6.33. The molecule has 0 aliphatic heterocycles. The molecule has 20 heavy (non-hydrogen) atoms. The van der Waals surface area contributed by atoms with E-state index >= 15 is 0 Å². The van der Waals surface area contributed by atoms with Crippen LogP contribution in [0.2, 0.25) is 0 Å². The van der Waals surface area contributed by atoms with Crippen molar-refractivity contribution in [2.45, 2.75) is 26.9 Å². The van der Waals surface area contributed by atoms with Crippen LogP contribution in [0.1, 0.15) is 26.3 Å². The summed E-state index contributed by atoms with van der Waals surface area (Å²) in [5.41, 5.74) is 0.799. The van der Waals surface area contributed by atoms with Crippen LogP contribution in [0.15, 0.2) is 17.7 Å². The second-order valence-electron chi connectivity index (χ2n) is 4.21. The maximum atomic E-state index is 8.80. The van der Waals surface area contributed by atoms with Gasteiger partial charge in [-0.15, -0.1) is 0 Å². The summed E-state index contributed by atoms with van der Waals surface area (Å²) >= 11 is 2.16. The van der Waals surface area contributed by atoms with E-state index in [0.29, 0.717) is 18.1 Å². The van der Waals surface area contributed by atoms with Gasteiger partial charge < -0.3 is 9.47 Å². The Labute approximate surface area is 132 Å². The first-order valence-corrected chi connectivity index (χ1v) is 7.24. The summed E-state index contributed by atoms with van der Waals surface area (Å²) in [7, 11) is 0. The predicted octanol–water partition coefficient (Wildman–Crippen LogP) is 3.91. The molecular weight excluding hydrogens is 367 g/mol. The van der Waals surface area contributed by atoms with Gasteiger partial charge in [-0.1, -0.05) is 0 Å². The van der Waals surface area contributed by atoms with Crippen LogP contribution in [0.4, 0.5) is 0 Å². The molecule has 0 N–H and O–H groups in total. The van der Waals surface area contributed by atoms with Crippen molar-refractivity contribution >= 4 is 28.7 Å². The smallest absolute Gasteiger partial charge is 0.174 e. The van der Waals surface area contributed by atoms with Crippen molar-refractivity contribution in [3.63, 3.8) is 0 Å². The van der Waals surface area contributed by atoms with Gasteiger partial charge in [-0.25, -0.2) is 0 Å². The van der Waals surface area contributed by atoms with Gasteiger partial charge in [-0.2, -0.15) is 10.5 Å². The molecule has 0 bridgehead atoms. The van der Waals surface area contributed by atoms with Gasteiger partial charge in [0.1, 0.15) is 17.7 Å². The third-order valence-corrected chi connectivity index (χ3v) is 3.04. The lowest BCUT2D eigenvalue weighted by atomic mass is 10.1. The van der Waals surface area contributed by atoms with E-state index in [0.717, 1.165) is 9.13 Å². The summed E-state index contributed by atoms with van der Waals surface area (Å²) in [5, 5.41) is 17.6. The maximum Gasteiger partial charge on any atom is 0.174 e. The first-order valence-electron chi connectivity index (χ1n) is 6.16. The Morgan fingerprint density at radius 2 is 2.00 bits per heavy atom. The first-order chi connectivity index (χ1) is 9.51. The van der Waals surface area contributed by atoms with Crippen molar-refractivity contribution in [1.29, 1.82) is 10.5 Å². The Hall–Kier alpha value is -1.73. The molecule has 0 unspecified atom stereocenters. The fourth-order valence-electron chi connectivity index (χ4n) is 1.54. The Bertz CT molecular complexity index is 579. The lowest BCUT2D eigenvalue weighted by Gasteiger charge is -2.16. The average Bonchev–Trinajstić information content (AvgIpc) is 2.40. The van der Waals surface area contributed by atoms with E-state index in [1.54, 1.807) is 6.07 Å². The highest BCUT2D eigenvalue weighted by Crippen LogP contribution is 2.35. The molecule has 0 aliphatic carbocycles. The Morgan fingerprint density at radius 1 is 1.35 bits per heavy atom. The van der Waals surface area contributed by atoms with Crippen LogP contribution in [0, 0.1) is 26.2 Å². The van der Waals surface area contributed by atoms with Crippen LogP contribution < -0.4 is 9.47 Å². The molecule has 0 saturated heterocycles. The summed E-state index contributed by atoms with van der Waals surface area (Å²) in [5.74, 6) is 1.31. The van der Waals surface area contributed by atoms with Gasteiger partial charge in [-0.3, -0.25) is 0 Å². The number of ether oxygens (including phenoxy) is 2. The number of nitrogens with zero attached hydrogens (tertiary/aromatic N) is 2. The zero-order valence-electron chi connectivity index (χ0n) is 11.6. The maximum absolute atomic E-state index is 8.80. The van der Waals surface area contributed by atoms with Gasteiger partial charge in [0.05, 0.1) is 16.3 Å². The molecule has 0 aliphatic rings. The molecule has 0 saturated carbocycles. The van der Waals surface area contributed by atoms with Crippen LogP contribution in [0.25, 0.3) is 6.08 Å². The molecule has 0 fully saturated rings. The largest absolute Gasteiger partial charge is 0.490 e. The fourth-order valence-corrected chi connectivity index (χ4v) is 2.29. The highest BCUT2D eigenvalue weighted by molar-refractivity contribution is 14.1. The summed E-state index contributed by atoms with van der Waals surface area (Å²) in [6.07, 6.45) is 1.57. The zero-order chi connectivity index (χ0) is 15.1. The van der Waals surface area contributed by atoms with Gasteiger partial charge in [0.15, 0.2) is 11.5 Å². The highest BCUT2D eigenvalue weighted by Gasteiger charge is 2.13. The van der Waals surface area contributed by atoms with Crippen molar-refractivity contribution in [2.75, 3.05) is 6.61 Å². The number of hydrogen-bond acceptors (Lipinski definition) is 4. The number of allylic oxidation sites excluding steroid dienone is 1. The van der Waals surface area contributed by atoms with E-state index in [1.165, 1.54) is 6.08 Å². The van der Waals surface area contributed by atoms with Gasteiger partial charge in [0.2, 0.25) is 0 Å². The molecule has 0 spiro atoms. The monoisotopic (exact) mass is 382 g/mol. The molecule has 104 valence electrons. The lowest BCUT2D eigenvalue weighted by Crippen LogP contribution is -2.09. The van der Waals surface area contributed by atoms with Gasteiger partial charge in [0.25, 0.3) is 0 Å². The van der Waals surface area contributed by atoms with Crippen LogP contribution >= 0.6 is 22.6 Å². The third-order valence-electron chi connectivity index (χ3n) is 2.24. The molecule has 4 nitrogen and oxygen atoms in total. The second-order valence-corrected chi connectivity index (χ2v) is 5.37. The van der Waals surface area contributed by atoms with Crippen LogP contribution in [-0.2, 0) is 0 Å². The fraction of sp³-hybridized carbons (Fsp3) is 0.333. The van der Waals surface area contributed by atoms with Crippen LogP contribution in [0.3, 0.4) is 0 Å². The predicted molar refractivity (Wildman–Crippen MR) is 85.3 cm³/mol. The Balaban J connectivity index is 3.30. The van der Waals surface area contributed by atoms with E-state index in [-0.39, 0.29) is 11.7 Å². The average molecular weight is 382 g/mol. The van der Waals surface area contributed by atoms with Gasteiger partial charge in [-0.05, 0) is 67.1 Å². The van der Waals surface area contributed by atoms with Crippen molar-refractivity contribution in [1.82, 2.24) is 0 Å². The number of hydrogen-bond donors (Lipinski definition) is 0. The third kappa shape index (κ3) is 4.43. The quantitative estimate of drug-likeness (QED) is 0.572. The summed E-state index contributed by atoms with van der Waals surface area (Å²) in [6.45, 7) is 6.30. The molecule has 1 rings (SSSR count). The first kappa shape index (κ1) is 16.3. The molecule has 0 aromatic heterocycles. The van der Waals surface area contributed by atoms with Gasteiger partial charge >= 0.3 is 0 Å². The summed E-state index contributed by atoms with van der Waals surface area (Å²) in [4.78, 5) is 0. The molecule has 1 aromatic carbocycles. The van der Waals surface area contributed by atoms with Crippen molar-refractivity contribution in [3.05, 3.63) is 26.8 Å². The molecular formula is C15H15IN2O2. The highest BCUT2D eigenvalue weighted by atomic mass is 127. The van der Waals surface area contributed by atoms with Crippen LogP contribution in [-0.4, -0.2) is 12.7 Å². The van der Waals surface area contributed by atoms with Crippen LogP contribution in [0.5, 0.6) is 11.5 Å². The summed E-state index contributed by atoms with van der Waals surface area (Å²) < 4.78 is 12.2. The van der Waals surface area contributed by atoms with E-state index < -0.39 is 0 Å². The molecule has 0 amide bonds. The lowest BCUT2D eigenvalue weighted by molar-refractivity contribution is 0.222. The number of rotatable bonds is 5. The number of benzene rings is 1. The van der Waals surface area contributed by atoms with E-state index in [9.17, 15) is 0 Å². The number of halogens is 1. The number of nitriles is 2. The zero-order valence-corrected chi connectivity index (χ0v) is 13.8. The SMILES string of the molecule is CCOc1cc(C=C(C#N)C#N)cc(I)c1OC(C)C. The van der Waals surface area contributed by atoms with Crippen molar-refractivity contribution in [2.24, 2.45) is 0 Å². The van der Waals surface area contributed by atoms with E-state index in [1.807, 2.05) is 39.0 Å². The molecule has 0 heterocycles. The normalized spacial score (nSPS) is 9.55. The van der Waals surface area contributed by atoms with Crippen molar-refractivity contribution < 1.29 is 9.47 Å². The molecule has 1 aromatic rings. The topological polar surface area (TPSA) is 66.0 Å². The Morgan fingerprint density at radius 3 is 2.50 bits per heavy atom. The minimum Gasteiger partial charge on any atom is -0.490 e. The molecule has 0 radical (unpaired) electrons. The second kappa shape index (κ2) is 7.76. The van der Waals surface area contributed by atoms with E-state index in [4.69, 9.17) is 20.0 Å². The minimum atomic E-state index is 0.0397. The minimum absolute atomic E-state index is 0.0397.